The summed E-state index contributed by atoms with van der Waals surface area (Å²) in [5.41, 5.74) is -2.17. The number of carbonyl (C=O) groups is 8. The van der Waals surface area contributed by atoms with Crippen LogP contribution >= 0.6 is 56.7 Å². The van der Waals surface area contributed by atoms with Crippen molar-refractivity contribution >= 4 is 121 Å². The highest BCUT2D eigenvalue weighted by molar-refractivity contribution is 7.17. The second-order valence-corrected chi connectivity index (χ2v) is 27.6. The molecule has 10 atom stereocenters. The molecule has 5 amide bonds. The lowest BCUT2D eigenvalue weighted by atomic mass is 9.85. The van der Waals surface area contributed by atoms with Gasteiger partial charge in [0.05, 0.1) is 62.0 Å². The molecule has 0 saturated carbocycles. The third-order valence-electron chi connectivity index (χ3n) is 16.1. The van der Waals surface area contributed by atoms with Crippen molar-refractivity contribution < 1.29 is 87.3 Å². The van der Waals surface area contributed by atoms with Crippen LogP contribution < -0.4 is 26.6 Å². The van der Waals surface area contributed by atoms with Gasteiger partial charge in [-0.1, -0.05) is 12.1 Å². The van der Waals surface area contributed by atoms with Crippen LogP contribution in [0, 0.1) is 0 Å². The molecule has 1 unspecified atom stereocenters. The minimum atomic E-state index is -1.91. The maximum atomic E-state index is 15.2. The molecule has 12 rings (SSSR count). The van der Waals surface area contributed by atoms with Crippen LogP contribution in [0.1, 0.15) is 123 Å². The Kier molecular flexibility index (Phi) is 19.0. The number of nitrogens with zero attached hydrogens (tertiary/aromatic N) is 8. The van der Waals surface area contributed by atoms with Gasteiger partial charge in [-0.25, -0.2) is 39.5 Å². The number of hydrogen-bond donors (Lipinski definition) is 9. The van der Waals surface area contributed by atoms with E-state index in [1.54, 1.807) is 45.0 Å². The summed E-state index contributed by atoms with van der Waals surface area (Å²) < 4.78 is 38.2. The van der Waals surface area contributed by atoms with E-state index >= 15 is 14.4 Å². The van der Waals surface area contributed by atoms with Crippen LogP contribution in [-0.2, 0) is 56.0 Å². The summed E-state index contributed by atoms with van der Waals surface area (Å²) in [6.07, 6.45) is -4.58. The number of aromatic nitrogens is 7. The number of allylic oxidation sites excluding steroid dienone is 1. The molecule has 11 heterocycles. The lowest BCUT2D eigenvalue weighted by molar-refractivity contribution is -0.280. The van der Waals surface area contributed by atoms with Gasteiger partial charge in [0.2, 0.25) is 5.91 Å². The maximum absolute atomic E-state index is 15.2. The molecule has 31 nitrogen and oxygen atoms in total. The Morgan fingerprint density at radius 2 is 1.65 bits per heavy atom. The summed E-state index contributed by atoms with van der Waals surface area (Å²) in [5.74, 6) is -6.88. The lowest BCUT2D eigenvalue weighted by Crippen LogP contribution is -2.62. The van der Waals surface area contributed by atoms with Crippen LogP contribution in [0.5, 0.6) is 5.75 Å². The van der Waals surface area contributed by atoms with Crippen LogP contribution in [0.2, 0.25) is 0 Å². The normalized spacial score (nSPS) is 24.3. The van der Waals surface area contributed by atoms with E-state index < -0.39 is 133 Å². The number of aromatic hydroxyl groups is 1. The van der Waals surface area contributed by atoms with E-state index in [1.807, 2.05) is 0 Å². The number of carbonyl (C=O) groups excluding carboxylic acids is 8. The number of esters is 2. The Labute approximate surface area is 563 Å². The van der Waals surface area contributed by atoms with Crippen molar-refractivity contribution in [1.82, 2.24) is 66.1 Å². The number of aldehydes is 1. The summed E-state index contributed by atoms with van der Waals surface area (Å²) in [6, 6.07) is 0.735. The zero-order chi connectivity index (χ0) is 68.2. The fourth-order valence-corrected chi connectivity index (χ4v) is 15.9. The molecule has 1 saturated heterocycles. The first-order valence-corrected chi connectivity index (χ1v) is 33.6. The number of rotatable bonds is 9. The number of pyridine rings is 1. The van der Waals surface area contributed by atoms with Gasteiger partial charge in [0.15, 0.2) is 18.1 Å². The summed E-state index contributed by atoms with van der Waals surface area (Å²) in [6.45, 7) is 4.01. The molecule has 4 aliphatic heterocycles. The summed E-state index contributed by atoms with van der Waals surface area (Å²) in [4.78, 5) is 143. The van der Waals surface area contributed by atoms with Crippen molar-refractivity contribution in [2.45, 2.75) is 108 Å². The van der Waals surface area contributed by atoms with Gasteiger partial charge in [-0.05, 0) is 59.5 Å². The molecule has 502 valence electrons. The highest BCUT2D eigenvalue weighted by Crippen LogP contribution is 2.43. The van der Waals surface area contributed by atoms with Gasteiger partial charge in [0.1, 0.15) is 124 Å². The topological polar surface area (TPSA) is 419 Å². The zero-order valence-electron chi connectivity index (χ0n) is 51.6. The standard InChI is InChI=1S/C60H59N13O18S5/c1-23(75)39-52(81)70-40(24(2)86-7)57-67-32(22-94-57)49(78)71-43-45-46(91-37-14-60(4,84)47(72(5)6)25(3)90-37)59(83)88-17-26-9-8-10-33-38(26)28(18-87-45)44(73(33)85)58(82)89-19-29(64-51(80)36-16-63-56(43)96-36)54-65-30(20-93-54)41-27(53-66-31(21-92-53)48(77)69-39)13-34(76)42(68-41)55-62-15-35(95-55)50(79)61-11-12-74/h8-10,12-13,15-16,20-23,25,29,37,39,43,45-47,75-76,84-85H,11,14,17-19H2,1-7H3,(H,61,79)(H,64,80)(H,69,77)(H,70,81)(H,71,78)/b40-24+/t23-,25+,29+,37+,39+,43+,45?,46+,47-,60+/m1/s1. The van der Waals surface area contributed by atoms with Gasteiger partial charge in [-0.15, -0.1) is 56.7 Å². The van der Waals surface area contributed by atoms with Crippen molar-refractivity contribution in [3.05, 3.63) is 112 Å². The van der Waals surface area contributed by atoms with Gasteiger partial charge in [-0.3, -0.25) is 24.0 Å². The molecule has 4 aliphatic rings. The summed E-state index contributed by atoms with van der Waals surface area (Å²) in [5, 5.41) is 65.0. The molecule has 0 spiro atoms. The highest BCUT2D eigenvalue weighted by atomic mass is 32.1. The summed E-state index contributed by atoms with van der Waals surface area (Å²) >= 11 is 4.37. The van der Waals surface area contributed by atoms with Gasteiger partial charge < -0.3 is 85.2 Å². The number of aliphatic hydroxyl groups excluding tert-OH is 1. The van der Waals surface area contributed by atoms with Crippen molar-refractivity contribution in [2.24, 2.45) is 0 Å². The van der Waals surface area contributed by atoms with Gasteiger partial charge >= 0.3 is 11.9 Å². The minimum absolute atomic E-state index is 0.00450. The van der Waals surface area contributed by atoms with E-state index in [4.69, 9.17) is 38.4 Å². The van der Waals surface area contributed by atoms with Gasteiger partial charge in [0, 0.05) is 39.1 Å². The fourth-order valence-electron chi connectivity index (χ4n) is 11.7. The third kappa shape index (κ3) is 13.1. The van der Waals surface area contributed by atoms with Crippen molar-refractivity contribution in [1.29, 1.82) is 0 Å². The number of amides is 5. The maximum Gasteiger partial charge on any atom is 0.358 e. The Balaban J connectivity index is 1.04. The smallest absolute Gasteiger partial charge is 0.358 e. The molecular weight excluding hydrogens is 1350 g/mol. The number of likely N-dealkylation sites (N-methyl/N-ethyl adjacent to an activating group) is 1. The Morgan fingerprint density at radius 1 is 0.906 bits per heavy atom. The molecule has 8 aromatic rings. The molecular formula is C60H59N13O18S5. The van der Waals surface area contributed by atoms with Crippen LogP contribution in [0.4, 0.5) is 0 Å². The number of benzene rings is 1. The van der Waals surface area contributed by atoms with Crippen molar-refractivity contribution in [3.8, 4) is 38.4 Å². The average molecular weight is 1410 g/mol. The van der Waals surface area contributed by atoms with Gasteiger partial charge in [-0.2, -0.15) is 4.73 Å². The first-order valence-electron chi connectivity index (χ1n) is 29.3. The molecule has 36 heteroatoms. The average Bonchev–Trinajstić information content (AvgIpc) is 1.55. The zero-order valence-corrected chi connectivity index (χ0v) is 55.7. The number of aliphatic hydroxyl groups is 2. The molecule has 9 N–H and O–H groups in total. The molecule has 0 aliphatic carbocycles. The Morgan fingerprint density at radius 3 is 2.38 bits per heavy atom. The van der Waals surface area contributed by atoms with E-state index in [9.17, 15) is 44.5 Å². The quantitative estimate of drug-likeness (QED) is 0.0425. The van der Waals surface area contributed by atoms with Crippen LogP contribution in [0.15, 0.2) is 58.6 Å². The molecule has 1 aromatic carbocycles. The molecule has 7 aromatic heterocycles. The summed E-state index contributed by atoms with van der Waals surface area (Å²) in [7, 11) is 4.85. The highest BCUT2D eigenvalue weighted by Gasteiger charge is 2.50. The monoisotopic (exact) mass is 1410 g/mol. The van der Waals surface area contributed by atoms with E-state index in [0.717, 1.165) is 56.7 Å². The predicted molar refractivity (Wildman–Crippen MR) is 343 cm³/mol. The predicted octanol–water partition coefficient (Wildman–Crippen LogP) is 4.09. The molecule has 0 radical (unpaired) electrons. The van der Waals surface area contributed by atoms with Crippen LogP contribution in [-0.4, -0.2) is 191 Å². The number of fused-ring (bicyclic) bond motifs is 15. The van der Waals surface area contributed by atoms with Crippen LogP contribution in [0.25, 0.3) is 49.3 Å². The lowest BCUT2D eigenvalue weighted by Gasteiger charge is -2.48. The first kappa shape index (κ1) is 66.9. The third-order valence-corrected chi connectivity index (χ3v) is 20.9. The fraction of sp³-hybridized carbons (Fsp3) is 0.367. The molecule has 96 heavy (non-hydrogen) atoms. The largest absolute Gasteiger partial charge is 0.506 e. The SMILES string of the molecule is CO/C(C)=C1/NC(=O)[C@H]([C@@H](C)O)NC(=O)c2csc(n2)-c2cc(O)c(-c3ncc(C(=O)NCC=O)s3)nc2-c2csc(n2)[C@@H]2COC(=O)c3c4c5c(cccc5n3O)COC(=O)[C@@H](O[C@H]3C[C@](C)(O)[C@H](N(C)C)[C@H](C)O3)C(OC4)[C@H](NC(=O)c3csc1n3)c1ncc(s1)C(=O)N2. The first-order chi connectivity index (χ1) is 45.9. The van der Waals surface area contributed by atoms with Gasteiger partial charge in [0.25, 0.3) is 23.6 Å². The second kappa shape index (κ2) is 27.2. The van der Waals surface area contributed by atoms with Crippen molar-refractivity contribution in [2.75, 3.05) is 34.4 Å². The van der Waals surface area contributed by atoms with E-state index in [-0.39, 0.29) is 110 Å². The Bertz CT molecular complexity index is 4450. The number of methoxy groups -OCH3 is 1. The number of hydrogen-bond acceptors (Lipinski definition) is 30. The number of ether oxygens (including phenoxy) is 6. The second-order valence-electron chi connectivity index (χ2n) is 22.9. The Hall–Kier alpha value is -9.08. The number of nitrogens with one attached hydrogen (secondary N) is 5. The van der Waals surface area contributed by atoms with Crippen molar-refractivity contribution in [3.63, 3.8) is 0 Å². The number of cyclic esters (lactones) is 2. The molecule has 1 fully saturated rings. The number of thiazole rings is 5. The minimum Gasteiger partial charge on any atom is -0.506 e. The van der Waals surface area contributed by atoms with E-state index in [0.29, 0.717) is 16.6 Å². The molecule has 12 bridgehead atoms. The van der Waals surface area contributed by atoms with E-state index in [1.165, 1.54) is 61.6 Å². The van der Waals surface area contributed by atoms with E-state index in [2.05, 4.69) is 46.5 Å². The van der Waals surface area contributed by atoms with Crippen LogP contribution in [0.3, 0.4) is 0 Å².